The molecule has 0 aliphatic carbocycles. The van der Waals surface area contributed by atoms with Crippen molar-refractivity contribution in [1.29, 1.82) is 0 Å². The van der Waals surface area contributed by atoms with E-state index in [9.17, 15) is 18.0 Å². The van der Waals surface area contributed by atoms with Crippen LogP contribution in [0.5, 0.6) is 11.5 Å². The Bertz CT molecular complexity index is 1090. The quantitative estimate of drug-likeness (QED) is 0.657. The topological polar surface area (TPSA) is 67.5 Å². The Morgan fingerprint density at radius 1 is 1.13 bits per heavy atom. The molecule has 0 spiro atoms. The van der Waals surface area contributed by atoms with E-state index in [1.165, 1.54) is 12.1 Å². The first kappa shape index (κ1) is 20.8. The highest BCUT2D eigenvalue weighted by atomic mass is 19.4. The van der Waals surface area contributed by atoms with E-state index in [0.717, 1.165) is 16.7 Å². The molecule has 0 radical (unpaired) electrons. The number of carbonyl (C=O) groups is 1. The van der Waals surface area contributed by atoms with Gasteiger partial charge in [0.25, 0.3) is 5.91 Å². The molecule has 4 rings (SSSR count). The number of rotatable bonds is 3. The summed E-state index contributed by atoms with van der Waals surface area (Å²) in [5, 5.41) is 6.93. The molecule has 9 heteroatoms. The van der Waals surface area contributed by atoms with Crippen LogP contribution < -0.4 is 9.47 Å². The molecule has 1 N–H and O–H groups in total. The van der Waals surface area contributed by atoms with E-state index in [1.54, 1.807) is 30.9 Å². The second-order valence-electron chi connectivity index (χ2n) is 7.28. The first-order valence-electron chi connectivity index (χ1n) is 9.64. The normalized spacial score (nSPS) is 13.9. The van der Waals surface area contributed by atoms with Crippen molar-refractivity contribution in [3.8, 4) is 22.6 Å². The van der Waals surface area contributed by atoms with Crippen LogP contribution in [0.3, 0.4) is 0 Å². The molecule has 0 unspecified atom stereocenters. The zero-order chi connectivity index (χ0) is 22.2. The molecule has 162 valence electrons. The van der Waals surface area contributed by atoms with Crippen LogP contribution in [0, 0.1) is 13.8 Å². The third-order valence-electron chi connectivity index (χ3n) is 5.09. The van der Waals surface area contributed by atoms with Crippen LogP contribution in [0.15, 0.2) is 42.5 Å². The number of aromatic nitrogens is 2. The number of fused-ring (bicyclic) bond motifs is 1. The number of ether oxygens (including phenoxy) is 2. The lowest BCUT2D eigenvalue weighted by Crippen LogP contribution is -2.33. The van der Waals surface area contributed by atoms with Crippen molar-refractivity contribution < 1.29 is 27.4 Å². The van der Waals surface area contributed by atoms with E-state index in [0.29, 0.717) is 42.4 Å². The van der Waals surface area contributed by atoms with E-state index in [1.807, 2.05) is 18.2 Å². The van der Waals surface area contributed by atoms with E-state index in [4.69, 9.17) is 4.74 Å². The highest BCUT2D eigenvalue weighted by Crippen LogP contribution is 2.31. The van der Waals surface area contributed by atoms with Crippen LogP contribution in [0.1, 0.15) is 27.3 Å². The Balaban J connectivity index is 1.59. The van der Waals surface area contributed by atoms with Gasteiger partial charge in [-0.1, -0.05) is 18.2 Å². The number of nitrogens with zero attached hydrogens (tertiary/aromatic N) is 2. The van der Waals surface area contributed by atoms with Crippen LogP contribution in [-0.2, 0) is 6.54 Å². The van der Waals surface area contributed by atoms with Crippen LogP contribution >= 0.6 is 0 Å². The standard InChI is InChI=1S/C22H20F3N3O3/c1-13-20(14(2)27-26-13)21(29)28-9-10-30-19-8-5-16(11-17(19)12-28)15-3-6-18(7-4-15)31-22(23,24)25/h3-8,11H,9-10,12H2,1-2H3,(H,26,27). The number of nitrogens with one attached hydrogen (secondary N) is 1. The Morgan fingerprint density at radius 2 is 1.84 bits per heavy atom. The van der Waals surface area contributed by atoms with E-state index in [-0.39, 0.29) is 11.7 Å². The lowest BCUT2D eigenvalue weighted by atomic mass is 10.0. The summed E-state index contributed by atoms with van der Waals surface area (Å²) in [4.78, 5) is 14.8. The maximum atomic E-state index is 13.1. The van der Waals surface area contributed by atoms with Crippen molar-refractivity contribution in [2.45, 2.75) is 26.8 Å². The van der Waals surface area contributed by atoms with Gasteiger partial charge < -0.3 is 14.4 Å². The van der Waals surface area contributed by atoms with Crippen molar-refractivity contribution in [2.75, 3.05) is 13.2 Å². The van der Waals surface area contributed by atoms with Crippen LogP contribution in [0.25, 0.3) is 11.1 Å². The van der Waals surface area contributed by atoms with Gasteiger partial charge in [-0.05, 0) is 49.2 Å². The molecule has 3 aromatic rings. The maximum Gasteiger partial charge on any atom is 0.573 e. The summed E-state index contributed by atoms with van der Waals surface area (Å²) in [5.41, 5.74) is 4.25. The second-order valence-corrected chi connectivity index (χ2v) is 7.28. The Labute approximate surface area is 176 Å². The highest BCUT2D eigenvalue weighted by Gasteiger charge is 2.31. The molecule has 0 fully saturated rings. The predicted octanol–water partition coefficient (Wildman–Crippen LogP) is 4.63. The SMILES string of the molecule is Cc1n[nH]c(C)c1C(=O)N1CCOc2ccc(-c3ccc(OC(F)(F)F)cc3)cc2C1. The zero-order valence-corrected chi connectivity index (χ0v) is 16.9. The third-order valence-corrected chi connectivity index (χ3v) is 5.09. The van der Waals surface area contributed by atoms with Crippen molar-refractivity contribution in [1.82, 2.24) is 15.1 Å². The largest absolute Gasteiger partial charge is 0.573 e. The van der Waals surface area contributed by atoms with Gasteiger partial charge >= 0.3 is 6.36 Å². The summed E-state index contributed by atoms with van der Waals surface area (Å²) in [5.74, 6) is 0.271. The zero-order valence-electron chi connectivity index (χ0n) is 16.9. The number of alkyl halides is 3. The molecule has 2 heterocycles. The first-order valence-corrected chi connectivity index (χ1v) is 9.64. The average Bonchev–Trinajstić information content (AvgIpc) is 2.92. The van der Waals surface area contributed by atoms with Crippen molar-refractivity contribution in [2.24, 2.45) is 0 Å². The van der Waals surface area contributed by atoms with Crippen molar-refractivity contribution in [3.63, 3.8) is 0 Å². The number of amides is 1. The van der Waals surface area contributed by atoms with E-state index in [2.05, 4.69) is 14.9 Å². The van der Waals surface area contributed by atoms with Gasteiger partial charge in [-0.3, -0.25) is 9.89 Å². The number of hydrogen-bond donors (Lipinski definition) is 1. The second kappa shape index (κ2) is 7.98. The fraction of sp³-hybridized carbons (Fsp3) is 0.273. The molecule has 31 heavy (non-hydrogen) atoms. The number of H-pyrrole nitrogens is 1. The minimum Gasteiger partial charge on any atom is -0.491 e. The number of benzene rings is 2. The lowest BCUT2D eigenvalue weighted by Gasteiger charge is -2.20. The minimum atomic E-state index is -4.73. The molecule has 1 amide bonds. The Hall–Kier alpha value is -3.49. The van der Waals surface area contributed by atoms with Gasteiger partial charge in [0.15, 0.2) is 0 Å². The molecule has 1 aromatic heterocycles. The van der Waals surface area contributed by atoms with Gasteiger partial charge in [-0.2, -0.15) is 5.10 Å². The summed E-state index contributed by atoms with van der Waals surface area (Å²) >= 11 is 0. The molecule has 0 saturated heterocycles. The minimum absolute atomic E-state index is 0.126. The van der Waals surface area contributed by atoms with Crippen LogP contribution in [0.2, 0.25) is 0 Å². The molecular formula is C22H20F3N3O3. The fourth-order valence-corrected chi connectivity index (χ4v) is 3.62. The number of aromatic amines is 1. The monoisotopic (exact) mass is 431 g/mol. The van der Waals surface area contributed by atoms with Crippen molar-refractivity contribution >= 4 is 5.91 Å². The van der Waals surface area contributed by atoms with Crippen LogP contribution in [-0.4, -0.2) is 40.5 Å². The van der Waals surface area contributed by atoms with Gasteiger partial charge in [0, 0.05) is 17.8 Å². The molecule has 1 aliphatic heterocycles. The average molecular weight is 431 g/mol. The molecule has 0 saturated carbocycles. The van der Waals surface area contributed by atoms with Crippen LogP contribution in [0.4, 0.5) is 13.2 Å². The molecule has 0 atom stereocenters. The lowest BCUT2D eigenvalue weighted by molar-refractivity contribution is -0.274. The summed E-state index contributed by atoms with van der Waals surface area (Å²) < 4.78 is 46.8. The summed E-state index contributed by atoms with van der Waals surface area (Å²) in [6.45, 7) is 4.72. The van der Waals surface area contributed by atoms with Gasteiger partial charge in [0.2, 0.25) is 0 Å². The smallest absolute Gasteiger partial charge is 0.491 e. The molecule has 6 nitrogen and oxygen atoms in total. The first-order chi connectivity index (χ1) is 14.7. The third kappa shape index (κ3) is 4.50. The van der Waals surface area contributed by atoms with Gasteiger partial charge in [-0.15, -0.1) is 13.2 Å². The van der Waals surface area contributed by atoms with Gasteiger partial charge in [-0.25, -0.2) is 0 Å². The molecule has 1 aliphatic rings. The van der Waals surface area contributed by atoms with Gasteiger partial charge in [0.05, 0.1) is 17.8 Å². The molecular weight excluding hydrogens is 411 g/mol. The Morgan fingerprint density at radius 3 is 2.48 bits per heavy atom. The summed E-state index contributed by atoms with van der Waals surface area (Å²) in [6, 6.07) is 11.2. The molecule has 2 aromatic carbocycles. The predicted molar refractivity (Wildman–Crippen MR) is 107 cm³/mol. The number of carbonyl (C=O) groups excluding carboxylic acids is 1. The van der Waals surface area contributed by atoms with Gasteiger partial charge in [0.1, 0.15) is 18.1 Å². The fourth-order valence-electron chi connectivity index (χ4n) is 3.62. The van der Waals surface area contributed by atoms with E-state index >= 15 is 0 Å². The Kier molecular flexibility index (Phi) is 5.34. The summed E-state index contributed by atoms with van der Waals surface area (Å²) in [6.07, 6.45) is -4.73. The summed E-state index contributed by atoms with van der Waals surface area (Å²) in [7, 11) is 0. The number of aryl methyl sites for hydroxylation is 2. The molecule has 0 bridgehead atoms. The number of halogens is 3. The number of hydrogen-bond acceptors (Lipinski definition) is 4. The highest BCUT2D eigenvalue weighted by molar-refractivity contribution is 5.96. The van der Waals surface area contributed by atoms with Crippen molar-refractivity contribution in [3.05, 3.63) is 65.0 Å². The maximum absolute atomic E-state index is 13.1. The van der Waals surface area contributed by atoms with E-state index < -0.39 is 6.36 Å².